The summed E-state index contributed by atoms with van der Waals surface area (Å²) in [6, 6.07) is 15.6. The summed E-state index contributed by atoms with van der Waals surface area (Å²) in [6.45, 7) is 9.92. The van der Waals surface area contributed by atoms with Crippen molar-refractivity contribution >= 4 is 35.8 Å². The second kappa shape index (κ2) is 12.7. The molecule has 4 rings (SSSR count). The molecule has 1 atom stereocenters. The minimum Gasteiger partial charge on any atom is -0.497 e. The maximum Gasteiger partial charge on any atom is 0.229 e. The van der Waals surface area contributed by atoms with E-state index in [0.717, 1.165) is 68.7 Å². The lowest BCUT2D eigenvalue weighted by Gasteiger charge is -2.38. The summed E-state index contributed by atoms with van der Waals surface area (Å²) in [5.41, 5.74) is 1.47. The van der Waals surface area contributed by atoms with Gasteiger partial charge >= 0.3 is 0 Å². The van der Waals surface area contributed by atoms with Gasteiger partial charge in [-0.25, -0.2) is 0 Å². The number of amides is 2. The van der Waals surface area contributed by atoms with E-state index in [1.54, 1.807) is 7.11 Å². The van der Waals surface area contributed by atoms with E-state index in [1.165, 1.54) is 0 Å². The smallest absolute Gasteiger partial charge is 0.229 e. The number of carbonyl (C=O) groups is 2. The van der Waals surface area contributed by atoms with Crippen LogP contribution in [0.15, 0.2) is 48.5 Å². The molecule has 38 heavy (non-hydrogen) atoms. The molecular formula is C30H41Cl2N3O3. The van der Waals surface area contributed by atoms with Gasteiger partial charge in [-0.3, -0.25) is 9.59 Å². The van der Waals surface area contributed by atoms with E-state index in [-0.39, 0.29) is 29.8 Å². The van der Waals surface area contributed by atoms with Crippen molar-refractivity contribution in [2.45, 2.75) is 59.0 Å². The van der Waals surface area contributed by atoms with Gasteiger partial charge in [-0.15, -0.1) is 12.4 Å². The van der Waals surface area contributed by atoms with Gasteiger partial charge < -0.3 is 19.9 Å². The third kappa shape index (κ3) is 7.22. The van der Waals surface area contributed by atoms with Crippen molar-refractivity contribution in [1.29, 1.82) is 0 Å². The predicted octanol–water partition coefficient (Wildman–Crippen LogP) is 5.88. The van der Waals surface area contributed by atoms with E-state index in [1.807, 2.05) is 74.2 Å². The maximum atomic E-state index is 13.4. The number of hydrogen-bond donors (Lipinski definition) is 1. The quantitative estimate of drug-likeness (QED) is 0.437. The number of halogens is 2. The van der Waals surface area contributed by atoms with Crippen LogP contribution in [0.3, 0.4) is 0 Å². The van der Waals surface area contributed by atoms with Gasteiger partial charge in [-0.05, 0) is 74.2 Å². The molecule has 0 aromatic heterocycles. The van der Waals surface area contributed by atoms with E-state index >= 15 is 0 Å². The highest BCUT2D eigenvalue weighted by atomic mass is 35.5. The molecule has 2 fully saturated rings. The highest BCUT2D eigenvalue weighted by molar-refractivity contribution is 6.30. The topological polar surface area (TPSA) is 61.9 Å². The molecule has 2 aromatic rings. The van der Waals surface area contributed by atoms with Crippen LogP contribution >= 0.6 is 24.0 Å². The Morgan fingerprint density at radius 2 is 1.74 bits per heavy atom. The summed E-state index contributed by atoms with van der Waals surface area (Å²) < 4.78 is 5.25. The minimum atomic E-state index is -0.463. The number of carbonyl (C=O) groups excluding carboxylic acids is 2. The molecule has 2 aliphatic rings. The van der Waals surface area contributed by atoms with Crippen molar-refractivity contribution in [3.05, 3.63) is 64.7 Å². The summed E-state index contributed by atoms with van der Waals surface area (Å²) in [5.74, 6) is 1.16. The molecule has 1 unspecified atom stereocenters. The Bertz CT molecular complexity index is 1090. The summed E-state index contributed by atoms with van der Waals surface area (Å²) in [6.07, 6.45) is 3.51. The van der Waals surface area contributed by atoms with Gasteiger partial charge in [0, 0.05) is 30.1 Å². The number of ether oxygens (including phenoxy) is 1. The van der Waals surface area contributed by atoms with Gasteiger partial charge in [0.25, 0.3) is 0 Å². The van der Waals surface area contributed by atoms with E-state index in [0.29, 0.717) is 17.5 Å². The number of hydrogen-bond acceptors (Lipinski definition) is 4. The molecule has 0 aliphatic carbocycles. The van der Waals surface area contributed by atoms with Crippen molar-refractivity contribution in [3.63, 3.8) is 0 Å². The van der Waals surface area contributed by atoms with Crippen LogP contribution in [-0.4, -0.2) is 54.9 Å². The molecule has 2 amide bonds. The first-order valence-electron chi connectivity index (χ1n) is 13.3. The second-order valence-corrected chi connectivity index (χ2v) is 12.0. The standard InChI is InChI=1S/C30H40ClN3O3.ClH/c1-29(2,3)27(35)32-26(23-6-5-7-24(31)20-23)12-16-33-17-13-30(14-18-33)15-19-34(28(30)36)21-22-8-10-25(37-4)11-9-22;/h5-11,20,26H,12-19,21H2,1-4H3,(H,32,35);1H. The Morgan fingerprint density at radius 3 is 2.34 bits per heavy atom. The molecule has 6 nitrogen and oxygen atoms in total. The van der Waals surface area contributed by atoms with Crippen LogP contribution in [0.2, 0.25) is 5.02 Å². The molecule has 1 spiro atoms. The Hall–Kier alpha value is -2.28. The lowest BCUT2D eigenvalue weighted by Crippen LogP contribution is -2.45. The number of methoxy groups -OCH3 is 1. The molecule has 0 bridgehead atoms. The number of rotatable bonds is 8. The van der Waals surface area contributed by atoms with E-state index < -0.39 is 5.41 Å². The fourth-order valence-corrected chi connectivity index (χ4v) is 5.59. The molecule has 2 saturated heterocycles. The van der Waals surface area contributed by atoms with E-state index in [2.05, 4.69) is 10.2 Å². The highest BCUT2D eigenvalue weighted by Gasteiger charge is 2.47. The normalized spacial score (nSPS) is 18.2. The average molecular weight is 563 g/mol. The third-order valence-electron chi connectivity index (χ3n) is 7.92. The zero-order chi connectivity index (χ0) is 26.6. The van der Waals surface area contributed by atoms with Crippen LogP contribution in [0.25, 0.3) is 0 Å². The van der Waals surface area contributed by atoms with Crippen LogP contribution in [0.4, 0.5) is 0 Å². The average Bonchev–Trinajstić information content (AvgIpc) is 3.17. The van der Waals surface area contributed by atoms with Crippen LogP contribution in [0.1, 0.15) is 63.6 Å². The molecule has 2 aliphatic heterocycles. The number of likely N-dealkylation sites (tertiary alicyclic amines) is 2. The van der Waals surface area contributed by atoms with Gasteiger partial charge in [-0.1, -0.05) is 56.6 Å². The van der Waals surface area contributed by atoms with Gasteiger partial charge in [0.1, 0.15) is 5.75 Å². The Kier molecular flexibility index (Phi) is 10.1. The molecule has 1 N–H and O–H groups in total. The number of nitrogens with one attached hydrogen (secondary N) is 1. The summed E-state index contributed by atoms with van der Waals surface area (Å²) in [7, 11) is 1.66. The van der Waals surface area contributed by atoms with Gasteiger partial charge in [0.2, 0.25) is 11.8 Å². The van der Waals surface area contributed by atoms with Crippen molar-refractivity contribution in [2.75, 3.05) is 33.3 Å². The zero-order valence-electron chi connectivity index (χ0n) is 23.0. The number of nitrogens with zero attached hydrogens (tertiary/aromatic N) is 2. The van der Waals surface area contributed by atoms with Crippen molar-refractivity contribution in [2.24, 2.45) is 10.8 Å². The number of piperidine rings is 1. The highest BCUT2D eigenvalue weighted by Crippen LogP contribution is 2.42. The lowest BCUT2D eigenvalue weighted by molar-refractivity contribution is -0.139. The fraction of sp³-hybridized carbons (Fsp3) is 0.533. The molecule has 2 heterocycles. The van der Waals surface area contributed by atoms with Crippen LogP contribution in [-0.2, 0) is 16.1 Å². The SMILES string of the molecule is COc1ccc(CN2CCC3(CCN(CCC(NC(=O)C(C)(C)C)c4cccc(Cl)c4)CC3)C2=O)cc1.Cl. The van der Waals surface area contributed by atoms with Gasteiger partial charge in [0.15, 0.2) is 0 Å². The monoisotopic (exact) mass is 561 g/mol. The van der Waals surface area contributed by atoms with Crippen molar-refractivity contribution in [1.82, 2.24) is 15.1 Å². The summed E-state index contributed by atoms with van der Waals surface area (Å²) >= 11 is 6.26. The van der Waals surface area contributed by atoms with Gasteiger partial charge in [0.05, 0.1) is 18.6 Å². The van der Waals surface area contributed by atoms with Crippen molar-refractivity contribution in [3.8, 4) is 5.75 Å². The molecule has 208 valence electrons. The molecule has 0 radical (unpaired) electrons. The zero-order valence-corrected chi connectivity index (χ0v) is 24.5. The lowest BCUT2D eigenvalue weighted by atomic mass is 9.77. The van der Waals surface area contributed by atoms with Crippen molar-refractivity contribution < 1.29 is 14.3 Å². The Morgan fingerprint density at radius 1 is 1.08 bits per heavy atom. The van der Waals surface area contributed by atoms with Crippen LogP contribution < -0.4 is 10.1 Å². The second-order valence-electron chi connectivity index (χ2n) is 11.6. The molecule has 8 heteroatoms. The first-order chi connectivity index (χ1) is 17.6. The van der Waals surface area contributed by atoms with Gasteiger partial charge in [-0.2, -0.15) is 0 Å². The Balaban J connectivity index is 0.00000400. The third-order valence-corrected chi connectivity index (χ3v) is 8.15. The fourth-order valence-electron chi connectivity index (χ4n) is 5.40. The summed E-state index contributed by atoms with van der Waals surface area (Å²) in [4.78, 5) is 30.7. The first kappa shape index (κ1) is 30.3. The Labute approximate surface area is 238 Å². The van der Waals surface area contributed by atoms with Crippen LogP contribution in [0, 0.1) is 10.8 Å². The summed E-state index contributed by atoms with van der Waals surface area (Å²) in [5, 5.41) is 3.91. The molecular weight excluding hydrogens is 521 g/mol. The van der Waals surface area contributed by atoms with E-state index in [9.17, 15) is 9.59 Å². The minimum absolute atomic E-state index is 0. The first-order valence-corrected chi connectivity index (χ1v) is 13.7. The largest absolute Gasteiger partial charge is 0.497 e. The predicted molar refractivity (Wildman–Crippen MR) is 155 cm³/mol. The van der Waals surface area contributed by atoms with E-state index in [4.69, 9.17) is 16.3 Å². The maximum absolute atomic E-state index is 13.4. The van der Waals surface area contributed by atoms with Crippen LogP contribution in [0.5, 0.6) is 5.75 Å². The number of benzene rings is 2. The molecule has 2 aromatic carbocycles. The molecule has 0 saturated carbocycles.